The largest absolute Gasteiger partial charge is 0.481 e. The van der Waals surface area contributed by atoms with Gasteiger partial charge in [-0.1, -0.05) is 24.3 Å². The first-order chi connectivity index (χ1) is 8.08. The van der Waals surface area contributed by atoms with Crippen molar-refractivity contribution in [2.45, 2.75) is 13.3 Å². The zero-order chi connectivity index (χ0) is 12.4. The topological polar surface area (TPSA) is 68.0 Å². The lowest BCUT2D eigenvalue weighted by molar-refractivity contribution is -0.136. The van der Waals surface area contributed by atoms with Crippen LogP contribution in [0.5, 0.6) is 0 Å². The highest BCUT2D eigenvalue weighted by Crippen LogP contribution is 2.20. The Morgan fingerprint density at radius 2 is 2.12 bits per heavy atom. The van der Waals surface area contributed by atoms with Crippen molar-refractivity contribution in [3.8, 4) is 11.4 Å². The molecule has 0 aliphatic heterocycles. The molecule has 0 aliphatic carbocycles. The molecule has 88 valence electrons. The van der Waals surface area contributed by atoms with Crippen LogP contribution in [0.4, 0.5) is 0 Å². The number of aryl methyl sites for hydroxylation is 2. The van der Waals surface area contributed by atoms with E-state index in [1.54, 1.807) is 11.7 Å². The molecule has 1 N–H and O–H groups in total. The lowest BCUT2D eigenvalue weighted by Gasteiger charge is -2.03. The summed E-state index contributed by atoms with van der Waals surface area (Å²) in [4.78, 5) is 14.9. The van der Waals surface area contributed by atoms with Crippen molar-refractivity contribution in [1.29, 1.82) is 0 Å². The predicted octanol–water partition coefficient (Wildman–Crippen LogP) is 1.42. The van der Waals surface area contributed by atoms with Crippen LogP contribution in [0.25, 0.3) is 11.4 Å². The molecule has 0 amide bonds. The maximum absolute atomic E-state index is 10.6. The standard InChI is InChI=1S/C12H13N3O2/c1-8-5-3-4-6-9(8)12-13-10(7-11(16)17)14-15(12)2/h3-6H,7H2,1-2H3,(H,16,17). The zero-order valence-corrected chi connectivity index (χ0v) is 9.71. The van der Waals surface area contributed by atoms with Crippen molar-refractivity contribution in [1.82, 2.24) is 14.8 Å². The number of nitrogens with zero attached hydrogens (tertiary/aromatic N) is 3. The van der Waals surface area contributed by atoms with Crippen LogP contribution in [0.15, 0.2) is 24.3 Å². The van der Waals surface area contributed by atoms with Crippen LogP contribution in [0, 0.1) is 6.92 Å². The molecule has 5 nitrogen and oxygen atoms in total. The van der Waals surface area contributed by atoms with Gasteiger partial charge >= 0.3 is 5.97 Å². The highest BCUT2D eigenvalue weighted by Gasteiger charge is 2.13. The van der Waals surface area contributed by atoms with Gasteiger partial charge in [0.15, 0.2) is 11.6 Å². The van der Waals surface area contributed by atoms with Crippen LogP contribution in [0.2, 0.25) is 0 Å². The van der Waals surface area contributed by atoms with Gasteiger partial charge in [0.05, 0.1) is 0 Å². The van der Waals surface area contributed by atoms with Crippen molar-refractivity contribution in [3.05, 3.63) is 35.7 Å². The summed E-state index contributed by atoms with van der Waals surface area (Å²) in [5, 5.41) is 12.8. The van der Waals surface area contributed by atoms with Gasteiger partial charge in [-0.2, -0.15) is 5.10 Å². The second-order valence-electron chi connectivity index (χ2n) is 3.86. The maximum Gasteiger partial charge on any atom is 0.311 e. The van der Waals surface area contributed by atoms with Gasteiger partial charge in [0, 0.05) is 12.6 Å². The third kappa shape index (κ3) is 2.33. The molecule has 2 aromatic rings. The quantitative estimate of drug-likeness (QED) is 0.867. The van der Waals surface area contributed by atoms with Gasteiger partial charge in [0.1, 0.15) is 6.42 Å². The molecule has 0 atom stereocenters. The Hall–Kier alpha value is -2.17. The molecule has 1 aromatic carbocycles. The molecule has 0 fully saturated rings. The van der Waals surface area contributed by atoms with Gasteiger partial charge in [-0.25, -0.2) is 9.67 Å². The van der Waals surface area contributed by atoms with Gasteiger partial charge in [-0.05, 0) is 12.5 Å². The lowest BCUT2D eigenvalue weighted by atomic mass is 10.1. The van der Waals surface area contributed by atoms with Crippen molar-refractivity contribution >= 4 is 5.97 Å². The highest BCUT2D eigenvalue weighted by atomic mass is 16.4. The zero-order valence-electron chi connectivity index (χ0n) is 9.71. The number of hydrogen-bond donors (Lipinski definition) is 1. The Labute approximate surface area is 98.7 Å². The monoisotopic (exact) mass is 231 g/mol. The molecule has 1 heterocycles. The van der Waals surface area contributed by atoms with E-state index in [-0.39, 0.29) is 6.42 Å². The number of benzene rings is 1. The minimum Gasteiger partial charge on any atom is -0.481 e. The van der Waals surface area contributed by atoms with Gasteiger partial charge < -0.3 is 5.11 Å². The van der Waals surface area contributed by atoms with E-state index in [0.29, 0.717) is 11.6 Å². The fraction of sp³-hybridized carbons (Fsp3) is 0.250. The average Bonchev–Trinajstić information content (AvgIpc) is 2.59. The molecule has 0 aliphatic rings. The van der Waals surface area contributed by atoms with E-state index < -0.39 is 5.97 Å². The molecule has 0 bridgehead atoms. The molecule has 0 radical (unpaired) electrons. The normalized spacial score (nSPS) is 10.5. The summed E-state index contributed by atoms with van der Waals surface area (Å²) >= 11 is 0. The highest BCUT2D eigenvalue weighted by molar-refractivity contribution is 5.69. The first-order valence-electron chi connectivity index (χ1n) is 5.25. The number of hydrogen-bond acceptors (Lipinski definition) is 3. The van der Waals surface area contributed by atoms with E-state index in [1.165, 1.54) is 0 Å². The Balaban J connectivity index is 2.43. The van der Waals surface area contributed by atoms with Gasteiger partial charge in [-0.15, -0.1) is 0 Å². The number of aliphatic carboxylic acids is 1. The SMILES string of the molecule is Cc1ccccc1-c1nc(CC(=O)O)nn1C. The summed E-state index contributed by atoms with van der Waals surface area (Å²) in [5.41, 5.74) is 2.06. The van der Waals surface area contributed by atoms with Crippen LogP contribution in [-0.4, -0.2) is 25.8 Å². The number of carboxylic acids is 1. The van der Waals surface area contributed by atoms with Crippen LogP contribution in [0.3, 0.4) is 0 Å². The third-order valence-electron chi connectivity index (χ3n) is 2.50. The average molecular weight is 231 g/mol. The molecule has 17 heavy (non-hydrogen) atoms. The Kier molecular flexibility index (Phi) is 2.91. The summed E-state index contributed by atoms with van der Waals surface area (Å²) in [6.07, 6.45) is -0.153. The van der Waals surface area contributed by atoms with Crippen LogP contribution in [0.1, 0.15) is 11.4 Å². The summed E-state index contributed by atoms with van der Waals surface area (Å²) in [6.45, 7) is 1.99. The number of rotatable bonds is 3. The second kappa shape index (κ2) is 4.37. The molecule has 1 aromatic heterocycles. The third-order valence-corrected chi connectivity index (χ3v) is 2.50. The van der Waals surface area contributed by atoms with E-state index >= 15 is 0 Å². The van der Waals surface area contributed by atoms with Crippen molar-refractivity contribution in [3.63, 3.8) is 0 Å². The van der Waals surface area contributed by atoms with Crippen LogP contribution in [-0.2, 0) is 18.3 Å². The first-order valence-corrected chi connectivity index (χ1v) is 5.25. The van der Waals surface area contributed by atoms with Gasteiger partial charge in [0.2, 0.25) is 0 Å². The predicted molar refractivity (Wildman–Crippen MR) is 62.5 cm³/mol. The smallest absolute Gasteiger partial charge is 0.311 e. The Morgan fingerprint density at radius 1 is 1.41 bits per heavy atom. The summed E-state index contributed by atoms with van der Waals surface area (Å²) < 4.78 is 1.61. The number of aromatic nitrogens is 3. The summed E-state index contributed by atoms with van der Waals surface area (Å²) in [5.74, 6) is 0.101. The molecule has 2 rings (SSSR count). The second-order valence-corrected chi connectivity index (χ2v) is 3.86. The molecule has 0 saturated heterocycles. The van der Waals surface area contributed by atoms with Crippen LogP contribution >= 0.6 is 0 Å². The van der Waals surface area contributed by atoms with Crippen molar-refractivity contribution in [2.24, 2.45) is 7.05 Å². The minimum atomic E-state index is -0.924. The fourth-order valence-electron chi connectivity index (χ4n) is 1.71. The fourth-order valence-corrected chi connectivity index (χ4v) is 1.71. The molecular formula is C12H13N3O2. The van der Waals surface area contributed by atoms with E-state index in [0.717, 1.165) is 11.1 Å². The van der Waals surface area contributed by atoms with Crippen LogP contribution < -0.4 is 0 Å². The van der Waals surface area contributed by atoms with E-state index in [4.69, 9.17) is 5.11 Å². The molecule has 0 saturated carbocycles. The van der Waals surface area contributed by atoms with Crippen molar-refractivity contribution < 1.29 is 9.90 Å². The van der Waals surface area contributed by atoms with E-state index in [2.05, 4.69) is 10.1 Å². The van der Waals surface area contributed by atoms with E-state index in [1.807, 2.05) is 31.2 Å². The maximum atomic E-state index is 10.6. The Bertz CT molecular complexity index is 561. The molecule has 0 spiro atoms. The van der Waals surface area contributed by atoms with Gasteiger partial charge in [-0.3, -0.25) is 4.79 Å². The molecule has 0 unspecified atom stereocenters. The minimum absolute atomic E-state index is 0.153. The van der Waals surface area contributed by atoms with E-state index in [9.17, 15) is 4.79 Å². The summed E-state index contributed by atoms with van der Waals surface area (Å²) in [7, 11) is 1.76. The molecular weight excluding hydrogens is 218 g/mol. The van der Waals surface area contributed by atoms with Gasteiger partial charge in [0.25, 0.3) is 0 Å². The van der Waals surface area contributed by atoms with Crippen molar-refractivity contribution in [2.75, 3.05) is 0 Å². The number of carboxylic acid groups (broad SMARTS) is 1. The molecule has 5 heteroatoms. The summed E-state index contributed by atoms with van der Waals surface area (Å²) in [6, 6.07) is 7.81. The number of carbonyl (C=O) groups is 1. The Morgan fingerprint density at radius 3 is 2.76 bits per heavy atom. The first kappa shape index (κ1) is 11.3. The lowest BCUT2D eigenvalue weighted by Crippen LogP contribution is -2.02.